The molecule has 2 rings (SSSR count). The lowest BCUT2D eigenvalue weighted by atomic mass is 10.2. The van der Waals surface area contributed by atoms with Crippen LogP contribution in [0.25, 0.3) is 0 Å². The smallest absolute Gasteiger partial charge is 0.268 e. The van der Waals surface area contributed by atoms with Crippen LogP contribution in [-0.4, -0.2) is 24.6 Å². The number of H-pyrrole nitrogens is 1. The molecule has 0 bridgehead atoms. The zero-order valence-corrected chi connectivity index (χ0v) is 14.3. The largest absolute Gasteiger partial charge is 0.493 e. The van der Waals surface area contributed by atoms with Gasteiger partial charge in [0.2, 0.25) is 5.43 Å². The lowest BCUT2D eigenvalue weighted by molar-refractivity contribution is 0.0945. The highest BCUT2D eigenvalue weighted by Gasteiger charge is 2.11. The van der Waals surface area contributed by atoms with E-state index in [1.54, 1.807) is 18.2 Å². The van der Waals surface area contributed by atoms with Gasteiger partial charge in [-0.15, -0.1) is 0 Å². The van der Waals surface area contributed by atoms with Crippen molar-refractivity contribution in [2.45, 2.75) is 19.9 Å². The van der Waals surface area contributed by atoms with E-state index in [0.717, 1.165) is 12.0 Å². The zero-order chi connectivity index (χ0) is 17.5. The van der Waals surface area contributed by atoms with Gasteiger partial charge < -0.3 is 19.8 Å². The van der Waals surface area contributed by atoms with Crippen molar-refractivity contribution in [3.63, 3.8) is 0 Å². The highest BCUT2D eigenvalue weighted by Crippen LogP contribution is 2.23. The number of ether oxygens (including phenoxy) is 2. The van der Waals surface area contributed by atoms with Crippen LogP contribution < -0.4 is 20.2 Å². The molecule has 2 aromatic rings. The second kappa shape index (κ2) is 8.40. The lowest BCUT2D eigenvalue weighted by Crippen LogP contribution is -2.25. The van der Waals surface area contributed by atoms with Crippen LogP contribution in [0.5, 0.6) is 11.5 Å². The maximum Gasteiger partial charge on any atom is 0.268 e. The Morgan fingerprint density at radius 1 is 1.29 bits per heavy atom. The standard InChI is InChI=1S/C17H19ClN2O4/c1-3-6-24-15-5-4-12(18)7-11(15)9-20-17(22)13-8-14(21)16(23-2)10-19-13/h4-5,7-8,10H,3,6,9H2,1-2H3,(H,19,21)(H,20,22). The Hall–Kier alpha value is -2.47. The second-order valence-corrected chi connectivity index (χ2v) is 5.50. The van der Waals surface area contributed by atoms with Gasteiger partial charge in [0.15, 0.2) is 5.75 Å². The van der Waals surface area contributed by atoms with E-state index >= 15 is 0 Å². The summed E-state index contributed by atoms with van der Waals surface area (Å²) in [6, 6.07) is 6.44. The van der Waals surface area contributed by atoms with Crippen LogP contribution in [0.4, 0.5) is 0 Å². The topological polar surface area (TPSA) is 80.4 Å². The van der Waals surface area contributed by atoms with Gasteiger partial charge in [-0.3, -0.25) is 9.59 Å². The van der Waals surface area contributed by atoms with Crippen LogP contribution >= 0.6 is 11.6 Å². The number of nitrogens with one attached hydrogen (secondary N) is 2. The third-order valence-corrected chi connectivity index (χ3v) is 3.50. The Morgan fingerprint density at radius 2 is 2.08 bits per heavy atom. The van der Waals surface area contributed by atoms with Crippen LogP contribution in [0, 0.1) is 0 Å². The summed E-state index contributed by atoms with van der Waals surface area (Å²) in [5, 5.41) is 3.29. The normalized spacial score (nSPS) is 10.3. The molecule has 1 heterocycles. The molecule has 6 nitrogen and oxygen atoms in total. The number of hydrogen-bond acceptors (Lipinski definition) is 4. The van der Waals surface area contributed by atoms with Gasteiger partial charge in [0.05, 0.1) is 13.7 Å². The molecular formula is C17H19ClN2O4. The number of rotatable bonds is 7. The van der Waals surface area contributed by atoms with Crippen LogP contribution in [0.3, 0.4) is 0 Å². The van der Waals surface area contributed by atoms with Gasteiger partial charge >= 0.3 is 0 Å². The number of aromatic nitrogens is 1. The maximum absolute atomic E-state index is 12.2. The SMILES string of the molecule is CCCOc1ccc(Cl)cc1CNC(=O)c1cc(=O)c(OC)c[nH]1. The van der Waals surface area contributed by atoms with Crippen molar-refractivity contribution in [3.05, 3.63) is 57.0 Å². The molecule has 0 unspecified atom stereocenters. The third kappa shape index (κ3) is 4.52. The van der Waals surface area contributed by atoms with Gasteiger partial charge in [0, 0.05) is 29.4 Å². The van der Waals surface area contributed by atoms with E-state index in [9.17, 15) is 9.59 Å². The molecule has 0 atom stereocenters. The molecule has 24 heavy (non-hydrogen) atoms. The quantitative estimate of drug-likeness (QED) is 0.804. The predicted molar refractivity (Wildman–Crippen MR) is 92.0 cm³/mol. The van der Waals surface area contributed by atoms with Crippen molar-refractivity contribution in [2.75, 3.05) is 13.7 Å². The minimum atomic E-state index is -0.406. The van der Waals surface area contributed by atoms with E-state index in [1.807, 2.05) is 6.92 Å². The minimum absolute atomic E-state index is 0.150. The number of benzene rings is 1. The maximum atomic E-state index is 12.2. The average molecular weight is 351 g/mol. The molecule has 1 aromatic heterocycles. The first kappa shape index (κ1) is 17.9. The van der Waals surface area contributed by atoms with Crippen LogP contribution in [0.1, 0.15) is 29.4 Å². The van der Waals surface area contributed by atoms with Gasteiger partial charge in [-0.25, -0.2) is 0 Å². The zero-order valence-electron chi connectivity index (χ0n) is 13.5. The summed E-state index contributed by atoms with van der Waals surface area (Å²) in [7, 11) is 1.39. The molecule has 0 aliphatic rings. The Labute approximate surface area is 144 Å². The summed E-state index contributed by atoms with van der Waals surface area (Å²) in [4.78, 5) is 26.6. The number of amides is 1. The molecule has 0 spiro atoms. The van der Waals surface area contributed by atoms with E-state index in [0.29, 0.717) is 17.4 Å². The lowest BCUT2D eigenvalue weighted by Gasteiger charge is -2.12. The van der Waals surface area contributed by atoms with Gasteiger partial charge in [-0.1, -0.05) is 18.5 Å². The molecule has 0 saturated heterocycles. The number of halogens is 1. The van der Waals surface area contributed by atoms with Gasteiger partial charge in [-0.2, -0.15) is 0 Å². The molecule has 2 N–H and O–H groups in total. The van der Waals surface area contributed by atoms with E-state index in [-0.39, 0.29) is 23.4 Å². The monoisotopic (exact) mass is 350 g/mol. The van der Waals surface area contributed by atoms with Gasteiger partial charge in [-0.05, 0) is 24.6 Å². The van der Waals surface area contributed by atoms with Crippen molar-refractivity contribution < 1.29 is 14.3 Å². The molecule has 0 fully saturated rings. The highest BCUT2D eigenvalue weighted by atomic mass is 35.5. The first-order valence-electron chi connectivity index (χ1n) is 7.51. The van der Waals surface area contributed by atoms with E-state index in [2.05, 4.69) is 10.3 Å². The predicted octanol–water partition coefficient (Wildman–Crippen LogP) is 2.76. The number of methoxy groups -OCH3 is 1. The minimum Gasteiger partial charge on any atom is -0.493 e. The fraction of sp³-hybridized carbons (Fsp3) is 0.294. The number of pyridine rings is 1. The van der Waals surface area contributed by atoms with Gasteiger partial charge in [0.1, 0.15) is 11.4 Å². The second-order valence-electron chi connectivity index (χ2n) is 5.06. The number of carbonyl (C=O) groups is 1. The van der Waals surface area contributed by atoms with E-state index < -0.39 is 5.91 Å². The summed E-state index contributed by atoms with van der Waals surface area (Å²) >= 11 is 6.01. The Bertz CT molecular complexity index is 773. The van der Waals surface area contributed by atoms with E-state index in [1.165, 1.54) is 19.4 Å². The third-order valence-electron chi connectivity index (χ3n) is 3.27. The first-order chi connectivity index (χ1) is 11.5. The summed E-state index contributed by atoms with van der Waals surface area (Å²) in [6.45, 7) is 2.82. The Morgan fingerprint density at radius 3 is 2.75 bits per heavy atom. The summed E-state index contributed by atoms with van der Waals surface area (Å²) in [6.07, 6.45) is 2.23. The average Bonchev–Trinajstić information content (AvgIpc) is 2.58. The fourth-order valence-corrected chi connectivity index (χ4v) is 2.25. The summed E-state index contributed by atoms with van der Waals surface area (Å²) < 4.78 is 10.5. The molecule has 7 heteroatoms. The number of aromatic amines is 1. The summed E-state index contributed by atoms with van der Waals surface area (Å²) in [5.74, 6) is 0.414. The molecule has 0 aliphatic carbocycles. The number of carbonyl (C=O) groups excluding carboxylic acids is 1. The van der Waals surface area contributed by atoms with Gasteiger partial charge in [0.25, 0.3) is 5.91 Å². The van der Waals surface area contributed by atoms with Crippen molar-refractivity contribution >= 4 is 17.5 Å². The fourth-order valence-electron chi connectivity index (χ4n) is 2.06. The molecule has 128 valence electrons. The molecule has 0 radical (unpaired) electrons. The van der Waals surface area contributed by atoms with Crippen molar-refractivity contribution in [2.24, 2.45) is 0 Å². The van der Waals surface area contributed by atoms with Crippen molar-refractivity contribution in [1.29, 1.82) is 0 Å². The van der Waals surface area contributed by atoms with Crippen LogP contribution in [-0.2, 0) is 6.54 Å². The molecule has 1 aromatic carbocycles. The van der Waals surface area contributed by atoms with Crippen molar-refractivity contribution in [3.8, 4) is 11.5 Å². The van der Waals surface area contributed by atoms with E-state index in [4.69, 9.17) is 21.1 Å². The Balaban J connectivity index is 2.09. The molecule has 0 aliphatic heterocycles. The molecule has 0 saturated carbocycles. The molecular weight excluding hydrogens is 332 g/mol. The van der Waals surface area contributed by atoms with Crippen LogP contribution in [0.2, 0.25) is 5.02 Å². The Kier molecular flexibility index (Phi) is 6.26. The number of hydrogen-bond donors (Lipinski definition) is 2. The van der Waals surface area contributed by atoms with Crippen LogP contribution in [0.15, 0.2) is 35.3 Å². The highest BCUT2D eigenvalue weighted by molar-refractivity contribution is 6.30. The summed E-state index contributed by atoms with van der Waals surface area (Å²) in [5.41, 5.74) is 0.551. The first-order valence-corrected chi connectivity index (χ1v) is 7.89. The van der Waals surface area contributed by atoms with Crippen molar-refractivity contribution in [1.82, 2.24) is 10.3 Å². The molecule has 1 amide bonds.